The molecule has 0 spiro atoms. The number of aliphatic hydroxyl groups excluding tert-OH is 2. The molecule has 0 aromatic heterocycles. The molecule has 4 heteroatoms. The van der Waals surface area contributed by atoms with Gasteiger partial charge >= 0.3 is 5.97 Å². The monoisotopic (exact) mass is 190 g/mol. The zero-order valence-electron chi connectivity index (χ0n) is 8.19. The van der Waals surface area contributed by atoms with Crippen LogP contribution in [0.2, 0.25) is 0 Å². The molecule has 0 rings (SSSR count). The second kappa shape index (κ2) is 6.86. The summed E-state index contributed by atoms with van der Waals surface area (Å²) >= 11 is 0. The highest BCUT2D eigenvalue weighted by Crippen LogP contribution is 2.06. The van der Waals surface area contributed by atoms with E-state index in [2.05, 4.69) is 4.74 Å². The first kappa shape index (κ1) is 12.4. The minimum absolute atomic E-state index is 0.230. The van der Waals surface area contributed by atoms with Gasteiger partial charge < -0.3 is 14.9 Å². The highest BCUT2D eigenvalue weighted by atomic mass is 16.5. The fraction of sp³-hybridized carbons (Fsp3) is 0.889. The van der Waals surface area contributed by atoms with Crippen molar-refractivity contribution in [3.05, 3.63) is 0 Å². The Morgan fingerprint density at radius 1 is 1.38 bits per heavy atom. The number of unbranched alkanes of at least 4 members (excludes halogenated alkanes) is 1. The van der Waals surface area contributed by atoms with Crippen molar-refractivity contribution in [3.63, 3.8) is 0 Å². The fourth-order valence-corrected chi connectivity index (χ4v) is 0.966. The molecule has 0 aromatic carbocycles. The highest BCUT2D eigenvalue weighted by molar-refractivity contribution is 5.68. The van der Waals surface area contributed by atoms with Crippen LogP contribution in [0.5, 0.6) is 0 Å². The Hall–Kier alpha value is -0.610. The van der Waals surface area contributed by atoms with Gasteiger partial charge in [0.05, 0.1) is 19.3 Å². The van der Waals surface area contributed by atoms with Gasteiger partial charge in [-0.15, -0.1) is 0 Å². The van der Waals surface area contributed by atoms with Gasteiger partial charge in [-0.25, -0.2) is 0 Å². The van der Waals surface area contributed by atoms with Crippen molar-refractivity contribution in [1.82, 2.24) is 0 Å². The van der Waals surface area contributed by atoms with E-state index < -0.39 is 12.2 Å². The first-order valence-corrected chi connectivity index (χ1v) is 4.51. The molecule has 0 radical (unpaired) electrons. The second-order valence-corrected chi connectivity index (χ2v) is 3.13. The van der Waals surface area contributed by atoms with E-state index in [0.717, 1.165) is 6.42 Å². The lowest BCUT2D eigenvalue weighted by Crippen LogP contribution is -2.22. The van der Waals surface area contributed by atoms with Gasteiger partial charge in [0.2, 0.25) is 0 Å². The minimum Gasteiger partial charge on any atom is -0.469 e. The molecule has 0 fully saturated rings. The van der Waals surface area contributed by atoms with Crippen LogP contribution in [0.25, 0.3) is 0 Å². The first-order chi connectivity index (χ1) is 6.07. The van der Waals surface area contributed by atoms with Crippen LogP contribution < -0.4 is 0 Å². The van der Waals surface area contributed by atoms with Gasteiger partial charge in [-0.1, -0.05) is 6.42 Å². The Kier molecular flexibility index (Phi) is 6.54. The van der Waals surface area contributed by atoms with E-state index in [0.29, 0.717) is 19.3 Å². The molecule has 0 aromatic rings. The summed E-state index contributed by atoms with van der Waals surface area (Å²) in [5, 5.41) is 18.1. The van der Waals surface area contributed by atoms with Crippen LogP contribution >= 0.6 is 0 Å². The van der Waals surface area contributed by atoms with E-state index in [9.17, 15) is 9.90 Å². The van der Waals surface area contributed by atoms with Crippen molar-refractivity contribution in [2.75, 3.05) is 7.11 Å². The van der Waals surface area contributed by atoms with Gasteiger partial charge in [0, 0.05) is 6.42 Å². The number of esters is 1. The Morgan fingerprint density at radius 3 is 2.46 bits per heavy atom. The molecule has 2 unspecified atom stereocenters. The van der Waals surface area contributed by atoms with Crippen molar-refractivity contribution in [1.29, 1.82) is 0 Å². The van der Waals surface area contributed by atoms with Crippen molar-refractivity contribution >= 4 is 5.97 Å². The summed E-state index contributed by atoms with van der Waals surface area (Å²) in [4.78, 5) is 10.7. The summed E-state index contributed by atoms with van der Waals surface area (Å²) < 4.78 is 4.45. The maximum atomic E-state index is 10.7. The average molecular weight is 190 g/mol. The molecular weight excluding hydrogens is 172 g/mol. The predicted molar refractivity (Wildman–Crippen MR) is 48.2 cm³/mol. The van der Waals surface area contributed by atoms with Crippen LogP contribution in [0.4, 0.5) is 0 Å². The number of aliphatic hydroxyl groups is 2. The Morgan fingerprint density at radius 2 is 2.00 bits per heavy atom. The summed E-state index contributed by atoms with van der Waals surface area (Å²) in [5.74, 6) is -0.230. The van der Waals surface area contributed by atoms with Gasteiger partial charge in [0.25, 0.3) is 0 Å². The standard InChI is InChI=1S/C9H18O4/c1-7(10)8(11)5-3-4-6-9(12)13-2/h7-8,10-11H,3-6H2,1-2H3. The lowest BCUT2D eigenvalue weighted by Gasteiger charge is -2.12. The van der Waals surface area contributed by atoms with E-state index >= 15 is 0 Å². The van der Waals surface area contributed by atoms with E-state index in [1.807, 2.05) is 0 Å². The highest BCUT2D eigenvalue weighted by Gasteiger charge is 2.10. The molecule has 0 aliphatic heterocycles. The molecule has 0 aliphatic carbocycles. The van der Waals surface area contributed by atoms with Crippen LogP contribution in [0.1, 0.15) is 32.6 Å². The van der Waals surface area contributed by atoms with Crippen molar-refractivity contribution in [2.45, 2.75) is 44.8 Å². The number of methoxy groups -OCH3 is 1. The molecular formula is C9H18O4. The average Bonchev–Trinajstić information content (AvgIpc) is 2.11. The summed E-state index contributed by atoms with van der Waals surface area (Å²) in [5.41, 5.74) is 0. The van der Waals surface area contributed by atoms with Crippen LogP contribution in [-0.2, 0) is 9.53 Å². The van der Waals surface area contributed by atoms with Gasteiger partial charge in [0.15, 0.2) is 0 Å². The third-order valence-corrected chi connectivity index (χ3v) is 1.92. The topological polar surface area (TPSA) is 66.8 Å². The number of hydrogen-bond acceptors (Lipinski definition) is 4. The zero-order valence-corrected chi connectivity index (χ0v) is 8.19. The van der Waals surface area contributed by atoms with Gasteiger partial charge in [-0.2, -0.15) is 0 Å². The molecule has 78 valence electrons. The van der Waals surface area contributed by atoms with Crippen molar-refractivity contribution < 1.29 is 19.7 Å². The third-order valence-electron chi connectivity index (χ3n) is 1.92. The van der Waals surface area contributed by atoms with Crippen LogP contribution in [0, 0.1) is 0 Å². The molecule has 2 N–H and O–H groups in total. The summed E-state index contributed by atoms with van der Waals surface area (Å²) in [7, 11) is 1.35. The quantitative estimate of drug-likeness (QED) is 0.471. The zero-order chi connectivity index (χ0) is 10.3. The number of carbonyl (C=O) groups excluding carboxylic acids is 1. The van der Waals surface area contributed by atoms with Crippen LogP contribution in [0.3, 0.4) is 0 Å². The van der Waals surface area contributed by atoms with E-state index in [1.165, 1.54) is 7.11 Å². The molecule has 13 heavy (non-hydrogen) atoms. The number of carbonyl (C=O) groups is 1. The second-order valence-electron chi connectivity index (χ2n) is 3.13. The number of rotatable bonds is 6. The molecule has 0 amide bonds. The predicted octanol–water partition coefficient (Wildman–Crippen LogP) is 0.461. The summed E-state index contributed by atoms with van der Waals surface area (Å²) in [6.07, 6.45) is 0.936. The van der Waals surface area contributed by atoms with Gasteiger partial charge in [0.1, 0.15) is 0 Å². The van der Waals surface area contributed by atoms with Crippen LogP contribution in [-0.4, -0.2) is 35.5 Å². The Labute approximate surface area is 78.5 Å². The molecule has 0 saturated carbocycles. The lowest BCUT2D eigenvalue weighted by molar-refractivity contribution is -0.140. The van der Waals surface area contributed by atoms with Crippen LogP contribution in [0.15, 0.2) is 0 Å². The van der Waals surface area contributed by atoms with Gasteiger partial charge in [-0.3, -0.25) is 4.79 Å². The fourth-order valence-electron chi connectivity index (χ4n) is 0.966. The largest absolute Gasteiger partial charge is 0.469 e. The Balaban J connectivity index is 3.30. The first-order valence-electron chi connectivity index (χ1n) is 4.51. The van der Waals surface area contributed by atoms with E-state index in [-0.39, 0.29) is 5.97 Å². The minimum atomic E-state index is -0.696. The summed E-state index contributed by atoms with van der Waals surface area (Å²) in [6, 6.07) is 0. The molecule has 0 heterocycles. The van der Waals surface area contributed by atoms with Gasteiger partial charge in [-0.05, 0) is 19.8 Å². The number of hydrogen-bond donors (Lipinski definition) is 2. The maximum Gasteiger partial charge on any atom is 0.305 e. The molecule has 0 saturated heterocycles. The lowest BCUT2D eigenvalue weighted by atomic mass is 10.1. The summed E-state index contributed by atoms with van der Waals surface area (Å²) in [6.45, 7) is 1.55. The molecule has 2 atom stereocenters. The smallest absolute Gasteiger partial charge is 0.305 e. The third kappa shape index (κ3) is 6.54. The van der Waals surface area contributed by atoms with Crippen molar-refractivity contribution in [3.8, 4) is 0 Å². The molecule has 0 bridgehead atoms. The molecule has 0 aliphatic rings. The molecule has 4 nitrogen and oxygen atoms in total. The van der Waals surface area contributed by atoms with Crippen molar-refractivity contribution in [2.24, 2.45) is 0 Å². The SMILES string of the molecule is COC(=O)CCCCC(O)C(C)O. The van der Waals surface area contributed by atoms with E-state index in [1.54, 1.807) is 6.92 Å². The van der Waals surface area contributed by atoms with E-state index in [4.69, 9.17) is 5.11 Å². The Bertz CT molecular complexity index is 145. The normalized spacial score (nSPS) is 15.1. The number of ether oxygens (including phenoxy) is 1. The maximum absolute atomic E-state index is 10.7.